The molecule has 0 radical (unpaired) electrons. The molecule has 7 heteroatoms. The van der Waals surface area contributed by atoms with Gasteiger partial charge in [0, 0.05) is 42.0 Å². The molecule has 2 fully saturated rings. The highest BCUT2D eigenvalue weighted by Gasteiger charge is 2.30. The largest absolute Gasteiger partial charge is 0.353 e. The van der Waals surface area contributed by atoms with E-state index in [1.54, 1.807) is 17.0 Å². The smallest absolute Gasteiger partial charge is 0.227 e. The van der Waals surface area contributed by atoms with Gasteiger partial charge in [-0.1, -0.05) is 12.1 Å². The van der Waals surface area contributed by atoms with Crippen LogP contribution in [0.5, 0.6) is 0 Å². The monoisotopic (exact) mass is 410 g/mol. The molecule has 1 aliphatic carbocycles. The van der Waals surface area contributed by atoms with Crippen molar-refractivity contribution in [3.8, 4) is 0 Å². The molecule has 1 atom stereocenters. The van der Waals surface area contributed by atoms with Crippen LogP contribution in [-0.4, -0.2) is 45.8 Å². The summed E-state index contributed by atoms with van der Waals surface area (Å²) in [5, 5.41) is 3.01. The summed E-state index contributed by atoms with van der Waals surface area (Å²) in [4.78, 5) is 35.9. The zero-order chi connectivity index (χ0) is 21.3. The van der Waals surface area contributed by atoms with Crippen molar-refractivity contribution < 1.29 is 14.0 Å². The van der Waals surface area contributed by atoms with Crippen molar-refractivity contribution in [3.05, 3.63) is 58.4 Å². The number of nitrogens with one attached hydrogen (secondary N) is 1. The van der Waals surface area contributed by atoms with Gasteiger partial charge >= 0.3 is 0 Å². The van der Waals surface area contributed by atoms with E-state index in [0.717, 1.165) is 42.0 Å². The Morgan fingerprint density at radius 3 is 2.53 bits per heavy atom. The number of carbonyl (C=O) groups is 2. The Kier molecular flexibility index (Phi) is 5.79. The van der Waals surface area contributed by atoms with Crippen molar-refractivity contribution in [2.45, 2.75) is 57.9 Å². The van der Waals surface area contributed by atoms with Crippen LogP contribution in [0.2, 0.25) is 0 Å². The Balaban J connectivity index is 1.39. The van der Waals surface area contributed by atoms with Crippen LogP contribution in [0, 0.1) is 19.7 Å². The molecule has 1 aromatic heterocycles. The van der Waals surface area contributed by atoms with Gasteiger partial charge < -0.3 is 10.2 Å². The van der Waals surface area contributed by atoms with Crippen LogP contribution in [0.25, 0.3) is 0 Å². The van der Waals surface area contributed by atoms with Gasteiger partial charge in [-0.25, -0.2) is 14.4 Å². The highest BCUT2D eigenvalue weighted by Crippen LogP contribution is 2.27. The quantitative estimate of drug-likeness (QED) is 0.794. The fraction of sp³-hybridized carbons (Fsp3) is 0.478. The van der Waals surface area contributed by atoms with E-state index >= 15 is 0 Å². The van der Waals surface area contributed by atoms with Crippen LogP contribution >= 0.6 is 0 Å². The van der Waals surface area contributed by atoms with Crippen LogP contribution in [0.15, 0.2) is 24.3 Å². The lowest BCUT2D eigenvalue weighted by Gasteiger charge is -2.17. The summed E-state index contributed by atoms with van der Waals surface area (Å²) in [5.74, 6) is 0.496. The van der Waals surface area contributed by atoms with Crippen molar-refractivity contribution in [1.82, 2.24) is 20.2 Å². The molecule has 4 rings (SSSR count). The molecule has 2 amide bonds. The van der Waals surface area contributed by atoms with Crippen molar-refractivity contribution in [1.29, 1.82) is 0 Å². The van der Waals surface area contributed by atoms with Crippen LogP contribution in [-0.2, 0) is 22.4 Å². The Labute approximate surface area is 175 Å². The molecule has 2 heterocycles. The fourth-order valence-electron chi connectivity index (χ4n) is 4.00. The average molecular weight is 410 g/mol. The zero-order valence-corrected chi connectivity index (χ0v) is 17.4. The number of halogens is 1. The second-order valence-corrected chi connectivity index (χ2v) is 8.38. The predicted molar refractivity (Wildman–Crippen MR) is 110 cm³/mol. The lowest BCUT2D eigenvalue weighted by Crippen LogP contribution is -2.30. The van der Waals surface area contributed by atoms with E-state index in [0.29, 0.717) is 31.1 Å². The maximum Gasteiger partial charge on any atom is 0.227 e. The highest BCUT2D eigenvalue weighted by atomic mass is 19.1. The van der Waals surface area contributed by atoms with Gasteiger partial charge in [-0.15, -0.1) is 0 Å². The third-order valence-electron chi connectivity index (χ3n) is 5.87. The van der Waals surface area contributed by atoms with E-state index < -0.39 is 0 Å². The van der Waals surface area contributed by atoms with E-state index in [1.165, 1.54) is 12.1 Å². The molecule has 1 saturated heterocycles. The minimum Gasteiger partial charge on any atom is -0.353 e. The summed E-state index contributed by atoms with van der Waals surface area (Å²) in [7, 11) is 0. The summed E-state index contributed by atoms with van der Waals surface area (Å²) in [6, 6.07) is 6.51. The summed E-state index contributed by atoms with van der Waals surface area (Å²) < 4.78 is 13.4. The molecule has 158 valence electrons. The van der Waals surface area contributed by atoms with E-state index in [4.69, 9.17) is 0 Å². The van der Waals surface area contributed by atoms with E-state index in [-0.39, 0.29) is 30.0 Å². The number of aryl methyl sites for hydroxylation is 2. The summed E-state index contributed by atoms with van der Waals surface area (Å²) in [5.41, 5.74) is 3.22. The molecule has 1 aromatic carbocycles. The van der Waals surface area contributed by atoms with Crippen molar-refractivity contribution in [2.24, 2.45) is 0 Å². The second kappa shape index (κ2) is 8.50. The van der Waals surface area contributed by atoms with Gasteiger partial charge in [-0.05, 0) is 50.8 Å². The third kappa shape index (κ3) is 4.83. The molecule has 2 aliphatic rings. The maximum atomic E-state index is 13.4. The standard InChI is InChI=1S/C23H27FN4O2/c1-14-20(12-21(29)27-19-6-7-19)15(2)26-23(25-14)17-8-9-28(13-17)22(30)11-16-4-3-5-18(24)10-16/h3-5,10,17,19H,6-9,11-13H2,1-2H3,(H,27,29). The van der Waals surface area contributed by atoms with Gasteiger partial charge in [0.1, 0.15) is 11.6 Å². The Morgan fingerprint density at radius 2 is 1.87 bits per heavy atom. The van der Waals surface area contributed by atoms with Crippen molar-refractivity contribution in [2.75, 3.05) is 13.1 Å². The molecule has 1 saturated carbocycles. The zero-order valence-electron chi connectivity index (χ0n) is 17.4. The molecule has 1 aliphatic heterocycles. The number of benzene rings is 1. The topological polar surface area (TPSA) is 75.2 Å². The third-order valence-corrected chi connectivity index (χ3v) is 5.87. The lowest BCUT2D eigenvalue weighted by atomic mass is 10.0. The Hall–Kier alpha value is -2.83. The first kappa shape index (κ1) is 20.4. The minimum absolute atomic E-state index is 0.00934. The molecular weight excluding hydrogens is 383 g/mol. The van der Waals surface area contributed by atoms with Crippen LogP contribution in [0.3, 0.4) is 0 Å². The fourth-order valence-corrected chi connectivity index (χ4v) is 4.00. The normalized spacial score (nSPS) is 18.5. The van der Waals surface area contributed by atoms with E-state index in [1.807, 2.05) is 13.8 Å². The van der Waals surface area contributed by atoms with Crippen LogP contribution < -0.4 is 5.32 Å². The number of likely N-dealkylation sites (tertiary alicyclic amines) is 1. The van der Waals surface area contributed by atoms with Crippen molar-refractivity contribution in [3.63, 3.8) is 0 Å². The molecule has 6 nitrogen and oxygen atoms in total. The lowest BCUT2D eigenvalue weighted by molar-refractivity contribution is -0.129. The molecule has 2 aromatic rings. The van der Waals surface area contributed by atoms with Gasteiger partial charge in [0.05, 0.1) is 12.8 Å². The Bertz CT molecular complexity index is 950. The summed E-state index contributed by atoms with van der Waals surface area (Å²) in [6.45, 7) is 5.04. The van der Waals surface area contributed by atoms with Gasteiger partial charge in [0.15, 0.2) is 0 Å². The van der Waals surface area contributed by atoms with Crippen molar-refractivity contribution >= 4 is 11.8 Å². The summed E-state index contributed by atoms with van der Waals surface area (Å²) >= 11 is 0. The first-order valence-electron chi connectivity index (χ1n) is 10.5. The molecule has 0 bridgehead atoms. The number of nitrogens with zero attached hydrogens (tertiary/aromatic N) is 3. The van der Waals surface area contributed by atoms with Gasteiger partial charge in [0.2, 0.25) is 11.8 Å². The van der Waals surface area contributed by atoms with Gasteiger partial charge in [-0.2, -0.15) is 0 Å². The number of aromatic nitrogens is 2. The average Bonchev–Trinajstić information content (AvgIpc) is 3.35. The van der Waals surface area contributed by atoms with Gasteiger partial charge in [-0.3, -0.25) is 9.59 Å². The van der Waals surface area contributed by atoms with Gasteiger partial charge in [0.25, 0.3) is 0 Å². The predicted octanol–water partition coefficient (Wildman–Crippen LogP) is 2.61. The first-order valence-corrected chi connectivity index (χ1v) is 10.5. The molecular formula is C23H27FN4O2. The van der Waals surface area contributed by atoms with Crippen LogP contribution in [0.4, 0.5) is 4.39 Å². The number of amides is 2. The molecule has 1 N–H and O–H groups in total. The second-order valence-electron chi connectivity index (χ2n) is 8.38. The number of rotatable bonds is 6. The molecule has 30 heavy (non-hydrogen) atoms. The molecule has 0 spiro atoms. The Morgan fingerprint density at radius 1 is 1.13 bits per heavy atom. The summed E-state index contributed by atoms with van der Waals surface area (Å²) in [6.07, 6.45) is 3.43. The number of carbonyl (C=O) groups excluding carboxylic acids is 2. The first-order chi connectivity index (χ1) is 14.4. The molecule has 1 unspecified atom stereocenters. The van der Waals surface area contributed by atoms with E-state index in [9.17, 15) is 14.0 Å². The maximum absolute atomic E-state index is 13.4. The van der Waals surface area contributed by atoms with E-state index in [2.05, 4.69) is 15.3 Å². The highest BCUT2D eigenvalue weighted by molar-refractivity contribution is 5.80. The SMILES string of the molecule is Cc1nc(C2CCN(C(=O)Cc3cccc(F)c3)C2)nc(C)c1CC(=O)NC1CC1. The number of hydrogen-bond donors (Lipinski definition) is 1. The number of hydrogen-bond acceptors (Lipinski definition) is 4. The van der Waals surface area contributed by atoms with Crippen LogP contribution in [0.1, 0.15) is 53.5 Å². The minimum atomic E-state index is -0.329.